The number of rotatable bonds is 2. The van der Waals surface area contributed by atoms with Crippen LogP contribution in [0.5, 0.6) is 0 Å². The summed E-state index contributed by atoms with van der Waals surface area (Å²) in [5, 5.41) is 0. The summed E-state index contributed by atoms with van der Waals surface area (Å²) < 4.78 is 18.3. The summed E-state index contributed by atoms with van der Waals surface area (Å²) in [4.78, 5) is 11.9. The van der Waals surface area contributed by atoms with Gasteiger partial charge in [-0.25, -0.2) is 9.78 Å². The molecule has 5 aliphatic rings. The van der Waals surface area contributed by atoms with E-state index in [1.54, 1.807) is 0 Å². The van der Waals surface area contributed by atoms with E-state index in [0.717, 1.165) is 19.3 Å². The highest BCUT2D eigenvalue weighted by Gasteiger charge is 2.69. The molecule has 8 atom stereocenters. The van der Waals surface area contributed by atoms with Crippen molar-refractivity contribution >= 4 is 0 Å². The molecule has 1 saturated carbocycles. The quantitative estimate of drug-likeness (QED) is 0.733. The second-order valence-electron chi connectivity index (χ2n) is 7.73. The van der Waals surface area contributed by atoms with Crippen LogP contribution >= 0.6 is 0 Å². The molecule has 4 heterocycles. The third kappa shape index (κ3) is 1.96. The highest BCUT2D eigenvalue weighted by molar-refractivity contribution is 5.09. The summed E-state index contributed by atoms with van der Waals surface area (Å²) in [6, 6.07) is 0. The van der Waals surface area contributed by atoms with Crippen LogP contribution < -0.4 is 0 Å². The SMILES string of the molecule is CCOC1OC2O[C@]3(C)CCC4[C@H](C)CCC([C@H]1C)[C@@]24OO3. The number of hydrogen-bond donors (Lipinski definition) is 0. The van der Waals surface area contributed by atoms with Gasteiger partial charge in [0.05, 0.1) is 0 Å². The lowest BCUT2D eigenvalue weighted by Crippen LogP contribution is -2.70. The molecule has 5 fully saturated rings. The lowest BCUT2D eigenvalue weighted by Gasteiger charge is -2.60. The van der Waals surface area contributed by atoms with Crippen molar-refractivity contribution < 1.29 is 24.0 Å². The Labute approximate surface area is 132 Å². The van der Waals surface area contributed by atoms with Gasteiger partial charge in [-0.3, -0.25) is 0 Å². The van der Waals surface area contributed by atoms with Crippen molar-refractivity contribution in [2.45, 2.75) is 77.3 Å². The standard InChI is InChI=1S/C17H28O5/c1-5-18-14-11(3)13-7-6-10(2)12-8-9-16(4)20-15(19-14)17(12,13)22-21-16/h10-15H,5-9H2,1-4H3/t10-,11-,12?,13?,14?,15?,16+,17-/m1/s1. The maximum atomic E-state index is 6.25. The normalized spacial score (nSPS) is 57.3. The predicted octanol–water partition coefficient (Wildman–Crippen LogP) is 3.23. The van der Waals surface area contributed by atoms with Crippen LogP contribution in [0.1, 0.15) is 53.4 Å². The first-order valence-electron chi connectivity index (χ1n) is 8.82. The Hall–Kier alpha value is -0.200. The molecule has 0 aromatic carbocycles. The van der Waals surface area contributed by atoms with Gasteiger partial charge in [0.15, 0.2) is 18.2 Å². The van der Waals surface area contributed by atoms with E-state index >= 15 is 0 Å². The summed E-state index contributed by atoms with van der Waals surface area (Å²) in [6.45, 7) is 9.15. The molecule has 5 nitrogen and oxygen atoms in total. The van der Waals surface area contributed by atoms with Gasteiger partial charge in [-0.05, 0) is 44.9 Å². The maximum absolute atomic E-state index is 6.25. The van der Waals surface area contributed by atoms with Crippen molar-refractivity contribution in [2.24, 2.45) is 23.7 Å². The van der Waals surface area contributed by atoms with Crippen LogP contribution in [-0.2, 0) is 24.0 Å². The van der Waals surface area contributed by atoms with E-state index in [0.29, 0.717) is 24.4 Å². The van der Waals surface area contributed by atoms with E-state index in [4.69, 9.17) is 24.0 Å². The fraction of sp³-hybridized carbons (Fsp3) is 1.00. The van der Waals surface area contributed by atoms with Crippen LogP contribution in [0.3, 0.4) is 0 Å². The summed E-state index contributed by atoms with van der Waals surface area (Å²) in [6.07, 6.45) is 3.66. The second-order valence-corrected chi connectivity index (χ2v) is 7.73. The molecule has 4 aliphatic heterocycles. The summed E-state index contributed by atoms with van der Waals surface area (Å²) >= 11 is 0. The van der Waals surface area contributed by atoms with Crippen molar-refractivity contribution in [3.63, 3.8) is 0 Å². The van der Waals surface area contributed by atoms with Crippen LogP contribution in [0.2, 0.25) is 0 Å². The van der Waals surface area contributed by atoms with Crippen LogP contribution in [0, 0.1) is 23.7 Å². The molecule has 0 radical (unpaired) electrons. The van der Waals surface area contributed by atoms with Crippen LogP contribution in [0.25, 0.3) is 0 Å². The average Bonchev–Trinajstić information content (AvgIpc) is 2.71. The fourth-order valence-corrected chi connectivity index (χ4v) is 5.23. The van der Waals surface area contributed by atoms with Gasteiger partial charge in [-0.15, -0.1) is 0 Å². The molecule has 5 rings (SSSR count). The molecule has 1 spiro atoms. The van der Waals surface area contributed by atoms with Crippen molar-refractivity contribution in [1.29, 1.82) is 0 Å². The Balaban J connectivity index is 1.75. The molecule has 0 amide bonds. The topological polar surface area (TPSA) is 46.2 Å². The second kappa shape index (κ2) is 5.15. The number of fused-ring (bicyclic) bond motifs is 2. The minimum Gasteiger partial charge on any atom is -0.353 e. The molecule has 4 saturated heterocycles. The molecule has 0 N–H and O–H groups in total. The average molecular weight is 312 g/mol. The van der Waals surface area contributed by atoms with Crippen molar-refractivity contribution in [2.75, 3.05) is 6.61 Å². The van der Waals surface area contributed by atoms with Gasteiger partial charge in [-0.2, -0.15) is 0 Å². The Morgan fingerprint density at radius 2 is 1.91 bits per heavy atom. The molecule has 22 heavy (non-hydrogen) atoms. The van der Waals surface area contributed by atoms with Gasteiger partial charge in [0.25, 0.3) is 0 Å². The highest BCUT2D eigenvalue weighted by atomic mass is 17.3. The first-order chi connectivity index (χ1) is 10.5. The smallest absolute Gasteiger partial charge is 0.201 e. The van der Waals surface area contributed by atoms with E-state index in [1.807, 2.05) is 13.8 Å². The van der Waals surface area contributed by atoms with E-state index in [2.05, 4.69) is 13.8 Å². The Kier molecular flexibility index (Phi) is 3.59. The number of hydrogen-bond acceptors (Lipinski definition) is 5. The fourth-order valence-electron chi connectivity index (χ4n) is 5.23. The first kappa shape index (κ1) is 15.3. The zero-order valence-electron chi connectivity index (χ0n) is 14.0. The van der Waals surface area contributed by atoms with Gasteiger partial charge < -0.3 is 14.2 Å². The minimum absolute atomic E-state index is 0.216. The predicted molar refractivity (Wildman–Crippen MR) is 78.5 cm³/mol. The summed E-state index contributed by atoms with van der Waals surface area (Å²) in [7, 11) is 0. The third-order valence-corrected chi connectivity index (χ3v) is 6.43. The van der Waals surface area contributed by atoms with E-state index in [1.165, 1.54) is 6.42 Å². The molecule has 2 bridgehead atoms. The zero-order valence-corrected chi connectivity index (χ0v) is 14.0. The van der Waals surface area contributed by atoms with Gasteiger partial charge >= 0.3 is 0 Å². The van der Waals surface area contributed by atoms with E-state index in [-0.39, 0.29) is 18.5 Å². The van der Waals surface area contributed by atoms with Crippen LogP contribution in [0.15, 0.2) is 0 Å². The Bertz CT molecular complexity index is 443. The van der Waals surface area contributed by atoms with Crippen molar-refractivity contribution in [3.05, 3.63) is 0 Å². The third-order valence-electron chi connectivity index (χ3n) is 6.43. The van der Waals surface area contributed by atoms with Crippen LogP contribution in [0.4, 0.5) is 0 Å². The molecular formula is C17H28O5. The van der Waals surface area contributed by atoms with Gasteiger partial charge in [0, 0.05) is 24.9 Å². The molecule has 126 valence electrons. The van der Waals surface area contributed by atoms with Crippen LogP contribution in [-0.4, -0.2) is 30.6 Å². The lowest BCUT2D eigenvalue weighted by molar-refractivity contribution is -0.577. The van der Waals surface area contributed by atoms with Crippen molar-refractivity contribution in [3.8, 4) is 0 Å². The molecule has 0 aromatic heterocycles. The summed E-state index contributed by atoms with van der Waals surface area (Å²) in [5.74, 6) is 0.957. The lowest BCUT2D eigenvalue weighted by atomic mass is 9.58. The van der Waals surface area contributed by atoms with Crippen molar-refractivity contribution in [1.82, 2.24) is 0 Å². The largest absolute Gasteiger partial charge is 0.353 e. The van der Waals surface area contributed by atoms with E-state index < -0.39 is 11.4 Å². The van der Waals surface area contributed by atoms with Gasteiger partial charge in [0.1, 0.15) is 0 Å². The monoisotopic (exact) mass is 312 g/mol. The van der Waals surface area contributed by atoms with Gasteiger partial charge in [0.2, 0.25) is 5.79 Å². The molecular weight excluding hydrogens is 284 g/mol. The highest BCUT2D eigenvalue weighted by Crippen LogP contribution is 2.60. The number of ether oxygens (including phenoxy) is 3. The molecule has 5 heteroatoms. The first-order valence-corrected chi connectivity index (χ1v) is 8.82. The maximum Gasteiger partial charge on any atom is 0.201 e. The minimum atomic E-state index is -0.700. The molecule has 4 unspecified atom stereocenters. The molecule has 1 aliphatic carbocycles. The Morgan fingerprint density at radius 1 is 1.09 bits per heavy atom. The van der Waals surface area contributed by atoms with Gasteiger partial charge in [-0.1, -0.05) is 13.8 Å². The zero-order chi connectivity index (χ0) is 15.5. The van der Waals surface area contributed by atoms with E-state index in [9.17, 15) is 0 Å². The Morgan fingerprint density at radius 3 is 2.68 bits per heavy atom. The molecule has 0 aromatic rings. The summed E-state index contributed by atoms with van der Waals surface area (Å²) in [5.41, 5.74) is -0.472.